The number of hydrogen-bond donors (Lipinski definition) is 0. The molecule has 0 aromatic heterocycles. The molecule has 0 aromatic rings. The quantitative estimate of drug-likeness (QED) is 0.438. The molecule has 0 aliphatic rings. The molecule has 0 aliphatic heterocycles. The molecule has 0 radical (unpaired) electrons. The van der Waals surface area contributed by atoms with Gasteiger partial charge in [-0.2, -0.15) is 0 Å². The Labute approximate surface area is 58.9 Å². The van der Waals surface area contributed by atoms with E-state index in [9.17, 15) is 8.76 Å². The fourth-order valence-electron chi connectivity index (χ4n) is 0.647. The fraction of sp³-hybridized carbons (Fsp3) is 1.00. The summed E-state index contributed by atoms with van der Waals surface area (Å²) in [5.41, 5.74) is 0. The first-order valence-corrected chi connectivity index (χ1v) is 4.57. The molecule has 0 aromatic carbocycles. The van der Waals surface area contributed by atoms with E-state index in [0.29, 0.717) is 5.75 Å². The zero-order valence-electron chi connectivity index (χ0n) is 5.76. The summed E-state index contributed by atoms with van der Waals surface area (Å²) in [5, 5.41) is 0. The average molecular weight is 149 g/mol. The maximum absolute atomic E-state index is 9.96. The van der Waals surface area contributed by atoms with E-state index in [1.165, 1.54) is 0 Å². The molecule has 0 bridgehead atoms. The minimum absolute atomic E-state index is 0.333. The van der Waals surface area contributed by atoms with Crippen LogP contribution in [0.5, 0.6) is 0 Å². The third kappa shape index (κ3) is 8.11. The van der Waals surface area contributed by atoms with Crippen LogP contribution in [-0.4, -0.2) is 14.5 Å². The molecule has 0 rings (SSSR count). The first-order valence-electron chi connectivity index (χ1n) is 3.33. The lowest BCUT2D eigenvalue weighted by Crippen LogP contribution is -1.94. The van der Waals surface area contributed by atoms with E-state index in [1.54, 1.807) is 0 Å². The summed E-state index contributed by atoms with van der Waals surface area (Å²) in [7, 11) is 0. The highest BCUT2D eigenvalue weighted by molar-refractivity contribution is 7.79. The van der Waals surface area contributed by atoms with Crippen molar-refractivity contribution in [1.82, 2.24) is 0 Å². The molecular formula is C6H13O2S-. The standard InChI is InChI=1S/C6H14O2S/c1-2-3-4-5-6-9(7)8/h2-6H2,1H3,(H,7,8)/p-1. The molecule has 0 N–H and O–H groups in total. The van der Waals surface area contributed by atoms with Gasteiger partial charge in [0.15, 0.2) is 0 Å². The molecule has 1 atom stereocenters. The Hall–Kier alpha value is 0.110. The zero-order valence-corrected chi connectivity index (χ0v) is 6.58. The predicted octanol–water partition coefficient (Wildman–Crippen LogP) is 1.45. The van der Waals surface area contributed by atoms with Crippen molar-refractivity contribution >= 4 is 11.1 Å². The summed E-state index contributed by atoms with van der Waals surface area (Å²) in [4.78, 5) is 0. The van der Waals surface area contributed by atoms with Gasteiger partial charge in [-0.05, 0) is 6.42 Å². The van der Waals surface area contributed by atoms with Crippen molar-refractivity contribution in [2.24, 2.45) is 0 Å². The van der Waals surface area contributed by atoms with Crippen LogP contribution in [0.2, 0.25) is 0 Å². The molecule has 0 fully saturated rings. The lowest BCUT2D eigenvalue weighted by atomic mass is 10.2. The molecule has 0 heterocycles. The highest BCUT2D eigenvalue weighted by Crippen LogP contribution is 1.98. The smallest absolute Gasteiger partial charge is 0.0102 e. The minimum Gasteiger partial charge on any atom is -0.772 e. The van der Waals surface area contributed by atoms with E-state index in [4.69, 9.17) is 0 Å². The van der Waals surface area contributed by atoms with Crippen molar-refractivity contribution < 1.29 is 8.76 Å². The maximum atomic E-state index is 9.96. The van der Waals surface area contributed by atoms with E-state index < -0.39 is 11.1 Å². The number of rotatable bonds is 5. The number of hydrogen-bond acceptors (Lipinski definition) is 2. The first-order chi connectivity index (χ1) is 4.27. The summed E-state index contributed by atoms with van der Waals surface area (Å²) in [6.45, 7) is 2.11. The van der Waals surface area contributed by atoms with E-state index >= 15 is 0 Å². The molecule has 0 spiro atoms. The van der Waals surface area contributed by atoms with Crippen LogP contribution in [0.1, 0.15) is 32.6 Å². The lowest BCUT2D eigenvalue weighted by molar-refractivity contribution is 0.532. The van der Waals surface area contributed by atoms with Gasteiger partial charge in [-0.3, -0.25) is 4.21 Å². The van der Waals surface area contributed by atoms with Crippen LogP contribution in [0.3, 0.4) is 0 Å². The molecule has 56 valence electrons. The van der Waals surface area contributed by atoms with Crippen LogP contribution in [0.25, 0.3) is 0 Å². The van der Waals surface area contributed by atoms with Gasteiger partial charge in [0, 0.05) is 5.75 Å². The fourth-order valence-corrected chi connectivity index (χ4v) is 1.09. The van der Waals surface area contributed by atoms with Crippen LogP contribution in [-0.2, 0) is 11.1 Å². The van der Waals surface area contributed by atoms with Crippen molar-refractivity contribution in [3.05, 3.63) is 0 Å². The second-order valence-electron chi connectivity index (χ2n) is 2.07. The van der Waals surface area contributed by atoms with Crippen molar-refractivity contribution in [2.45, 2.75) is 32.6 Å². The van der Waals surface area contributed by atoms with Gasteiger partial charge in [0.05, 0.1) is 0 Å². The molecule has 1 unspecified atom stereocenters. The van der Waals surface area contributed by atoms with Gasteiger partial charge in [0.1, 0.15) is 0 Å². The van der Waals surface area contributed by atoms with Gasteiger partial charge < -0.3 is 4.55 Å². The summed E-state index contributed by atoms with van der Waals surface area (Å²) in [5.74, 6) is 0.333. The Bertz CT molecular complexity index is 83.1. The highest BCUT2D eigenvalue weighted by atomic mass is 32.2. The van der Waals surface area contributed by atoms with E-state index in [1.807, 2.05) is 0 Å². The summed E-state index contributed by atoms with van der Waals surface area (Å²) in [6.07, 6.45) is 4.18. The largest absolute Gasteiger partial charge is 0.772 e. The third-order valence-electron chi connectivity index (χ3n) is 1.16. The monoisotopic (exact) mass is 149 g/mol. The molecule has 0 amide bonds. The highest BCUT2D eigenvalue weighted by Gasteiger charge is 1.85. The third-order valence-corrected chi connectivity index (χ3v) is 1.79. The van der Waals surface area contributed by atoms with Crippen LogP contribution < -0.4 is 0 Å². The Kier molecular flexibility index (Phi) is 6.31. The Morgan fingerprint density at radius 3 is 2.44 bits per heavy atom. The first kappa shape index (κ1) is 9.11. The van der Waals surface area contributed by atoms with Crippen molar-refractivity contribution in [3.63, 3.8) is 0 Å². The van der Waals surface area contributed by atoms with E-state index in [-0.39, 0.29) is 0 Å². The van der Waals surface area contributed by atoms with Gasteiger partial charge in [-0.15, -0.1) is 0 Å². The SMILES string of the molecule is CCCCCCS(=O)[O-]. The van der Waals surface area contributed by atoms with Crippen LogP contribution >= 0.6 is 0 Å². The van der Waals surface area contributed by atoms with Crippen molar-refractivity contribution in [1.29, 1.82) is 0 Å². The van der Waals surface area contributed by atoms with E-state index in [0.717, 1.165) is 25.7 Å². The van der Waals surface area contributed by atoms with Gasteiger partial charge in [-0.1, -0.05) is 37.3 Å². The van der Waals surface area contributed by atoms with Crippen molar-refractivity contribution in [3.8, 4) is 0 Å². The Morgan fingerprint density at radius 2 is 2.00 bits per heavy atom. The normalized spacial score (nSPS) is 13.6. The van der Waals surface area contributed by atoms with Gasteiger partial charge in [-0.25, -0.2) is 0 Å². The molecule has 0 aliphatic carbocycles. The van der Waals surface area contributed by atoms with E-state index in [2.05, 4.69) is 6.92 Å². The molecule has 2 nitrogen and oxygen atoms in total. The summed E-state index contributed by atoms with van der Waals surface area (Å²) in [6, 6.07) is 0. The number of unbranched alkanes of at least 4 members (excludes halogenated alkanes) is 3. The second-order valence-corrected chi connectivity index (χ2v) is 3.08. The average Bonchev–Trinajstić information content (AvgIpc) is 1.80. The summed E-state index contributed by atoms with van der Waals surface area (Å²) < 4.78 is 19.9. The Balaban J connectivity index is 2.83. The van der Waals surface area contributed by atoms with Crippen LogP contribution in [0, 0.1) is 0 Å². The minimum atomic E-state index is -1.82. The second kappa shape index (κ2) is 6.23. The lowest BCUT2D eigenvalue weighted by Gasteiger charge is -2.02. The topological polar surface area (TPSA) is 40.1 Å². The van der Waals surface area contributed by atoms with Gasteiger partial charge >= 0.3 is 0 Å². The molecular weight excluding hydrogens is 136 g/mol. The maximum Gasteiger partial charge on any atom is 0.0102 e. The molecule has 0 saturated heterocycles. The molecule has 3 heteroatoms. The zero-order chi connectivity index (χ0) is 7.11. The van der Waals surface area contributed by atoms with Crippen LogP contribution in [0.4, 0.5) is 0 Å². The molecule has 9 heavy (non-hydrogen) atoms. The molecule has 0 saturated carbocycles. The van der Waals surface area contributed by atoms with Crippen molar-refractivity contribution in [2.75, 3.05) is 5.75 Å². The van der Waals surface area contributed by atoms with Gasteiger partial charge in [0.2, 0.25) is 0 Å². The predicted molar refractivity (Wildman–Crippen MR) is 37.9 cm³/mol. The van der Waals surface area contributed by atoms with Gasteiger partial charge in [0.25, 0.3) is 0 Å². The van der Waals surface area contributed by atoms with Crippen LogP contribution in [0.15, 0.2) is 0 Å². The Morgan fingerprint density at radius 1 is 1.33 bits per heavy atom. The summed E-state index contributed by atoms with van der Waals surface area (Å²) >= 11 is -1.82.